The van der Waals surface area contributed by atoms with Gasteiger partial charge < -0.3 is 14.2 Å². The van der Waals surface area contributed by atoms with E-state index in [1.807, 2.05) is 29.4 Å². The molecular weight excluding hydrogens is 614 g/mol. The van der Waals surface area contributed by atoms with Gasteiger partial charge >= 0.3 is 6.18 Å². The van der Waals surface area contributed by atoms with Gasteiger partial charge in [-0.1, -0.05) is 23.7 Å². The van der Waals surface area contributed by atoms with Crippen LogP contribution in [0.5, 0.6) is 11.5 Å². The molecule has 2 saturated heterocycles. The number of hydrogen-bond donors (Lipinski definition) is 1. The van der Waals surface area contributed by atoms with Crippen molar-refractivity contribution in [1.82, 2.24) is 25.1 Å². The number of fused-ring (bicyclic) bond motifs is 1. The molecule has 2 fully saturated rings. The summed E-state index contributed by atoms with van der Waals surface area (Å²) in [6.07, 6.45) is 0.237. The Bertz CT molecular complexity index is 1720. The number of likely N-dealkylation sites (tertiary alicyclic amines) is 1. The van der Waals surface area contributed by atoms with E-state index in [0.29, 0.717) is 41.7 Å². The highest BCUT2D eigenvalue weighted by atomic mass is 35.5. The third kappa shape index (κ3) is 5.98. The zero-order chi connectivity index (χ0) is 31.3. The van der Waals surface area contributed by atoms with Crippen LogP contribution in [-0.2, 0) is 29.7 Å². The molecule has 1 N–H and O–H groups in total. The van der Waals surface area contributed by atoms with Gasteiger partial charge in [0, 0.05) is 48.8 Å². The molecule has 0 radical (unpaired) electrons. The van der Waals surface area contributed by atoms with Gasteiger partial charge in [0.2, 0.25) is 5.82 Å². The SMILES string of the molecule is C[C@]1(c2ccc(Cl)cc2F)Oc2cccc(C3CCN(Cc4ncc(-c5n[nH]c(C(F)(F)F)n5)cc4CC4CCO4)CC3)c2O1. The average Bonchev–Trinajstić information content (AvgIpc) is 3.61. The Morgan fingerprint density at radius 1 is 1.09 bits per heavy atom. The van der Waals surface area contributed by atoms with Crippen LogP contribution in [0.4, 0.5) is 17.6 Å². The summed E-state index contributed by atoms with van der Waals surface area (Å²) in [4.78, 5) is 10.6. The first-order chi connectivity index (χ1) is 21.6. The van der Waals surface area contributed by atoms with Gasteiger partial charge in [-0.05, 0) is 74.2 Å². The van der Waals surface area contributed by atoms with E-state index in [2.05, 4.69) is 20.0 Å². The average molecular weight is 644 g/mol. The number of ether oxygens (including phenoxy) is 3. The number of nitrogens with zero attached hydrogens (tertiary/aromatic N) is 4. The van der Waals surface area contributed by atoms with Gasteiger partial charge in [0.1, 0.15) is 5.82 Å². The van der Waals surface area contributed by atoms with Crippen molar-refractivity contribution >= 4 is 11.6 Å². The predicted octanol–water partition coefficient (Wildman–Crippen LogP) is 7.03. The molecule has 1 unspecified atom stereocenters. The van der Waals surface area contributed by atoms with Crippen molar-refractivity contribution in [3.05, 3.63) is 87.7 Å². The second kappa shape index (κ2) is 11.6. The Morgan fingerprint density at radius 2 is 1.89 bits per heavy atom. The van der Waals surface area contributed by atoms with Gasteiger partial charge in [-0.3, -0.25) is 15.0 Å². The maximum atomic E-state index is 14.8. The fourth-order valence-corrected chi connectivity index (χ4v) is 6.40. The first-order valence-corrected chi connectivity index (χ1v) is 15.2. The molecule has 45 heavy (non-hydrogen) atoms. The van der Waals surface area contributed by atoms with Crippen molar-refractivity contribution in [3.8, 4) is 22.9 Å². The van der Waals surface area contributed by atoms with Crippen LogP contribution in [0, 0.1) is 5.82 Å². The minimum absolute atomic E-state index is 0.0468. The smallest absolute Gasteiger partial charge is 0.444 e. The van der Waals surface area contributed by atoms with Gasteiger partial charge in [-0.2, -0.15) is 18.3 Å². The van der Waals surface area contributed by atoms with Crippen LogP contribution in [0.2, 0.25) is 5.02 Å². The Hall–Kier alpha value is -3.74. The molecule has 2 aromatic heterocycles. The first-order valence-electron chi connectivity index (χ1n) is 14.8. The molecule has 4 aromatic rings. The van der Waals surface area contributed by atoms with Crippen molar-refractivity contribution in [2.24, 2.45) is 0 Å². The lowest BCUT2D eigenvalue weighted by molar-refractivity contribution is -0.144. The summed E-state index contributed by atoms with van der Waals surface area (Å²) >= 11 is 5.96. The third-order valence-corrected chi connectivity index (χ3v) is 8.98. The number of para-hydroxylation sites is 1. The van der Waals surface area contributed by atoms with E-state index < -0.39 is 23.6 Å². The summed E-state index contributed by atoms with van der Waals surface area (Å²) in [6, 6.07) is 12.1. The molecule has 7 rings (SSSR count). The molecule has 0 spiro atoms. The van der Waals surface area contributed by atoms with Crippen molar-refractivity contribution < 1.29 is 31.8 Å². The normalized spacial score (nSPS) is 22.0. The van der Waals surface area contributed by atoms with Crippen LogP contribution in [0.1, 0.15) is 60.3 Å². The molecule has 0 bridgehead atoms. The van der Waals surface area contributed by atoms with Gasteiger partial charge in [-0.25, -0.2) is 9.37 Å². The first kappa shape index (κ1) is 29.9. The summed E-state index contributed by atoms with van der Waals surface area (Å²) in [5.41, 5.74) is 3.49. The van der Waals surface area contributed by atoms with E-state index >= 15 is 0 Å². The number of nitrogens with one attached hydrogen (secondary N) is 1. The Labute approximate surface area is 261 Å². The van der Waals surface area contributed by atoms with Crippen molar-refractivity contribution in [2.75, 3.05) is 19.7 Å². The predicted molar refractivity (Wildman–Crippen MR) is 156 cm³/mol. The highest BCUT2D eigenvalue weighted by Gasteiger charge is 2.43. The second-order valence-corrected chi connectivity index (χ2v) is 12.3. The number of alkyl halides is 3. The standard InChI is InChI=1S/C32H30ClF4N5O3/c1-31(24-6-5-21(33)15-25(24)34)44-27-4-2-3-23(28(27)45-31)18-7-10-42(11-8-18)17-26-19(14-22-9-12-43-22)13-20(16-38-26)29-39-30(41-40-29)32(35,36)37/h2-6,13,15-16,18,22H,7-12,14,17H2,1H3,(H,39,40,41)/t22?,31-/m0/s1. The van der Waals surface area contributed by atoms with E-state index in [1.165, 1.54) is 12.3 Å². The minimum Gasteiger partial charge on any atom is -0.444 e. The Balaban J connectivity index is 1.05. The highest BCUT2D eigenvalue weighted by Crippen LogP contribution is 2.50. The molecule has 5 heterocycles. The summed E-state index contributed by atoms with van der Waals surface area (Å²) in [7, 11) is 0. The van der Waals surface area contributed by atoms with Gasteiger partial charge in [0.05, 0.1) is 17.4 Å². The number of H-pyrrole nitrogens is 1. The number of piperidine rings is 1. The van der Waals surface area contributed by atoms with Crippen molar-refractivity contribution in [3.63, 3.8) is 0 Å². The van der Waals surface area contributed by atoms with E-state index in [-0.39, 0.29) is 23.4 Å². The van der Waals surface area contributed by atoms with Gasteiger partial charge in [0.15, 0.2) is 17.3 Å². The molecule has 2 aromatic carbocycles. The lowest BCUT2D eigenvalue weighted by Crippen LogP contribution is -2.34. The molecule has 0 saturated carbocycles. The van der Waals surface area contributed by atoms with Crippen LogP contribution in [-0.4, -0.2) is 50.9 Å². The molecule has 3 aliphatic rings. The zero-order valence-electron chi connectivity index (χ0n) is 24.3. The van der Waals surface area contributed by atoms with Crippen molar-refractivity contribution in [2.45, 2.75) is 63.1 Å². The molecule has 0 amide bonds. The van der Waals surface area contributed by atoms with Crippen LogP contribution in [0.3, 0.4) is 0 Å². The summed E-state index contributed by atoms with van der Waals surface area (Å²) < 4.78 is 72.2. The topological polar surface area (TPSA) is 85.4 Å². The molecule has 3 aliphatic heterocycles. The molecular formula is C32H30ClF4N5O3. The fourth-order valence-electron chi connectivity index (χ4n) is 6.24. The third-order valence-electron chi connectivity index (χ3n) is 8.75. The minimum atomic E-state index is -4.61. The molecule has 236 valence electrons. The number of halogens is 5. The maximum Gasteiger partial charge on any atom is 0.451 e. The van der Waals surface area contributed by atoms with Gasteiger partial charge in [-0.15, -0.1) is 0 Å². The Morgan fingerprint density at radius 3 is 2.58 bits per heavy atom. The fraction of sp³-hybridized carbons (Fsp3) is 0.406. The highest BCUT2D eigenvalue weighted by molar-refractivity contribution is 6.30. The number of hydrogen-bond acceptors (Lipinski definition) is 7. The number of pyridine rings is 1. The number of aromatic nitrogens is 4. The molecule has 8 nitrogen and oxygen atoms in total. The molecule has 2 atom stereocenters. The van der Waals surface area contributed by atoms with Crippen molar-refractivity contribution in [1.29, 1.82) is 0 Å². The zero-order valence-corrected chi connectivity index (χ0v) is 25.1. The maximum absolute atomic E-state index is 14.8. The Kier molecular flexibility index (Phi) is 7.69. The van der Waals surface area contributed by atoms with Gasteiger partial charge in [0.25, 0.3) is 5.79 Å². The lowest BCUT2D eigenvalue weighted by atomic mass is 9.88. The summed E-state index contributed by atoms with van der Waals surface area (Å²) in [5, 5.41) is 6.04. The van der Waals surface area contributed by atoms with E-state index in [1.54, 1.807) is 19.1 Å². The number of rotatable bonds is 7. The van der Waals surface area contributed by atoms with E-state index in [0.717, 1.165) is 49.2 Å². The molecule has 13 heteroatoms. The summed E-state index contributed by atoms with van der Waals surface area (Å²) in [5.74, 6) is -1.58. The number of aromatic amines is 1. The monoisotopic (exact) mass is 643 g/mol. The molecule has 0 aliphatic carbocycles. The van der Waals surface area contributed by atoms with E-state index in [9.17, 15) is 17.6 Å². The largest absolute Gasteiger partial charge is 0.451 e. The summed E-state index contributed by atoms with van der Waals surface area (Å²) in [6.45, 7) is 4.60. The van der Waals surface area contributed by atoms with Crippen LogP contribution < -0.4 is 9.47 Å². The lowest BCUT2D eigenvalue weighted by Gasteiger charge is -2.33. The number of benzene rings is 2. The second-order valence-electron chi connectivity index (χ2n) is 11.8. The quantitative estimate of drug-likeness (QED) is 0.216. The van der Waals surface area contributed by atoms with Crippen LogP contribution >= 0.6 is 11.6 Å². The van der Waals surface area contributed by atoms with Crippen LogP contribution in [0.15, 0.2) is 48.7 Å². The van der Waals surface area contributed by atoms with Crippen LogP contribution in [0.25, 0.3) is 11.4 Å². The van der Waals surface area contributed by atoms with E-state index in [4.69, 9.17) is 25.8 Å².